The number of anilines is 1. The first kappa shape index (κ1) is 11.7. The largest absolute Gasteiger partial charge is 0.276 e. The van der Waals surface area contributed by atoms with Crippen LogP contribution in [0.5, 0.6) is 0 Å². The van der Waals surface area contributed by atoms with Gasteiger partial charge in [0.1, 0.15) is 0 Å². The molecule has 5 heteroatoms. The fourth-order valence-corrected chi connectivity index (χ4v) is 1.19. The third-order valence-corrected chi connectivity index (χ3v) is 1.91. The highest BCUT2D eigenvalue weighted by Crippen LogP contribution is 2.16. The molecular formula is C10H10ClNO3. The summed E-state index contributed by atoms with van der Waals surface area (Å²) in [6, 6.07) is 6.32. The Morgan fingerprint density at radius 3 is 2.87 bits per heavy atom. The monoisotopic (exact) mass is 227 g/mol. The van der Waals surface area contributed by atoms with Crippen molar-refractivity contribution in [1.29, 1.82) is 0 Å². The number of halogens is 1. The van der Waals surface area contributed by atoms with Gasteiger partial charge in [0.15, 0.2) is 0 Å². The molecular weight excluding hydrogens is 218 g/mol. The fraction of sp³-hybridized carbons (Fsp3) is 0.200. The molecule has 0 aliphatic carbocycles. The van der Waals surface area contributed by atoms with Gasteiger partial charge < -0.3 is 0 Å². The highest BCUT2D eigenvalue weighted by atomic mass is 35.5. The Hall–Kier alpha value is -1.39. The molecule has 0 aromatic heterocycles. The molecule has 0 saturated carbocycles. The number of hydroxylamine groups is 1. The molecule has 0 saturated heterocycles. The minimum absolute atomic E-state index is 0.320. The zero-order valence-corrected chi connectivity index (χ0v) is 8.90. The Balaban J connectivity index is 2.97. The molecule has 0 unspecified atom stereocenters. The topological polar surface area (TPSA) is 46.6 Å². The summed E-state index contributed by atoms with van der Waals surface area (Å²) in [5, 5.41) is 0.475. The van der Waals surface area contributed by atoms with Crippen molar-refractivity contribution in [3.8, 4) is 0 Å². The Morgan fingerprint density at radius 2 is 2.33 bits per heavy atom. The van der Waals surface area contributed by atoms with Crippen molar-refractivity contribution in [3.05, 3.63) is 29.8 Å². The van der Waals surface area contributed by atoms with E-state index in [0.717, 1.165) is 5.06 Å². The average Bonchev–Trinajstić information content (AvgIpc) is 2.26. The lowest BCUT2D eigenvalue weighted by atomic mass is 10.2. The molecule has 0 spiro atoms. The van der Waals surface area contributed by atoms with E-state index >= 15 is 0 Å². The second-order valence-electron chi connectivity index (χ2n) is 2.67. The van der Waals surface area contributed by atoms with E-state index in [4.69, 9.17) is 16.4 Å². The van der Waals surface area contributed by atoms with Gasteiger partial charge in [-0.1, -0.05) is 6.07 Å². The molecule has 1 aromatic carbocycles. The summed E-state index contributed by atoms with van der Waals surface area (Å²) in [6.45, 7) is 2.12. The molecule has 1 aromatic rings. The maximum Gasteiger partial charge on any atom is 0.252 e. The van der Waals surface area contributed by atoms with Gasteiger partial charge in [0.2, 0.25) is 6.41 Å². The van der Waals surface area contributed by atoms with Gasteiger partial charge in [0, 0.05) is 5.56 Å². The Bertz CT molecular complexity index is 367. The lowest BCUT2D eigenvalue weighted by Gasteiger charge is -2.15. The van der Waals surface area contributed by atoms with E-state index in [-0.39, 0.29) is 0 Å². The van der Waals surface area contributed by atoms with Crippen LogP contribution in [0.25, 0.3) is 0 Å². The van der Waals surface area contributed by atoms with Crippen molar-refractivity contribution in [2.24, 2.45) is 0 Å². The number of nitrogens with zero attached hydrogens (tertiary/aromatic N) is 1. The number of hydrogen-bond acceptors (Lipinski definition) is 3. The lowest BCUT2D eigenvalue weighted by molar-refractivity contribution is -0.113. The Kier molecular flexibility index (Phi) is 4.27. The summed E-state index contributed by atoms with van der Waals surface area (Å²) in [7, 11) is 0. The van der Waals surface area contributed by atoms with Gasteiger partial charge >= 0.3 is 0 Å². The third-order valence-electron chi connectivity index (χ3n) is 1.69. The van der Waals surface area contributed by atoms with Crippen LogP contribution < -0.4 is 5.06 Å². The number of carbonyl (C=O) groups excluding carboxylic acids is 2. The van der Waals surface area contributed by atoms with Gasteiger partial charge in [-0.15, -0.1) is 0 Å². The second-order valence-corrected chi connectivity index (χ2v) is 3.02. The van der Waals surface area contributed by atoms with Gasteiger partial charge in [-0.2, -0.15) is 5.06 Å². The average molecular weight is 228 g/mol. The fourth-order valence-electron chi connectivity index (χ4n) is 1.07. The number of hydrogen-bond donors (Lipinski definition) is 0. The highest BCUT2D eigenvalue weighted by molar-refractivity contribution is 6.67. The van der Waals surface area contributed by atoms with Gasteiger partial charge in [-0.05, 0) is 36.7 Å². The molecule has 0 atom stereocenters. The zero-order chi connectivity index (χ0) is 11.3. The summed E-state index contributed by atoms with van der Waals surface area (Å²) >= 11 is 5.31. The van der Waals surface area contributed by atoms with Gasteiger partial charge in [0.05, 0.1) is 12.3 Å². The molecule has 4 nitrogen and oxygen atoms in total. The Labute approximate surface area is 92.3 Å². The molecule has 1 rings (SSSR count). The summed E-state index contributed by atoms with van der Waals surface area (Å²) < 4.78 is 0. The summed E-state index contributed by atoms with van der Waals surface area (Å²) in [6.07, 6.45) is 0.529. The SMILES string of the molecule is CCON(C=O)c1cccc(C(=O)Cl)c1. The van der Waals surface area contributed by atoms with E-state index in [1.165, 1.54) is 6.07 Å². The van der Waals surface area contributed by atoms with Crippen LogP contribution in [0.1, 0.15) is 17.3 Å². The molecule has 0 radical (unpaired) electrons. The van der Waals surface area contributed by atoms with E-state index < -0.39 is 5.24 Å². The number of rotatable bonds is 5. The van der Waals surface area contributed by atoms with Crippen LogP contribution in [0, 0.1) is 0 Å². The summed E-state index contributed by atoms with van der Waals surface area (Å²) in [5.41, 5.74) is 0.791. The van der Waals surface area contributed by atoms with E-state index in [0.29, 0.717) is 24.3 Å². The predicted molar refractivity (Wildman–Crippen MR) is 56.8 cm³/mol. The van der Waals surface area contributed by atoms with Crippen molar-refractivity contribution in [1.82, 2.24) is 0 Å². The standard InChI is InChI=1S/C10H10ClNO3/c1-2-15-12(7-13)9-5-3-4-8(6-9)10(11)14/h3-7H,2H2,1H3. The molecule has 0 fully saturated rings. The van der Waals surface area contributed by atoms with Gasteiger partial charge in [-0.3, -0.25) is 14.4 Å². The van der Waals surface area contributed by atoms with Crippen molar-refractivity contribution >= 4 is 28.9 Å². The molecule has 0 N–H and O–H groups in total. The predicted octanol–water partition coefficient (Wildman–Crippen LogP) is 1.98. The van der Waals surface area contributed by atoms with E-state index in [9.17, 15) is 9.59 Å². The number of benzene rings is 1. The zero-order valence-electron chi connectivity index (χ0n) is 8.14. The summed E-state index contributed by atoms with van der Waals surface area (Å²) in [4.78, 5) is 26.6. The maximum atomic E-state index is 10.9. The van der Waals surface area contributed by atoms with Crippen LogP contribution in [-0.4, -0.2) is 18.3 Å². The summed E-state index contributed by atoms with van der Waals surface area (Å²) in [5.74, 6) is 0. The minimum Gasteiger partial charge on any atom is -0.276 e. The number of carbonyl (C=O) groups is 2. The minimum atomic E-state index is -0.570. The van der Waals surface area contributed by atoms with Gasteiger partial charge in [-0.25, -0.2) is 0 Å². The van der Waals surface area contributed by atoms with Crippen LogP contribution >= 0.6 is 11.6 Å². The van der Waals surface area contributed by atoms with Crippen LogP contribution in [-0.2, 0) is 9.63 Å². The van der Waals surface area contributed by atoms with E-state index in [1.807, 2.05) is 0 Å². The normalized spacial score (nSPS) is 9.73. The molecule has 0 bridgehead atoms. The van der Waals surface area contributed by atoms with Crippen LogP contribution in [0.15, 0.2) is 24.3 Å². The third kappa shape index (κ3) is 3.04. The first-order valence-corrected chi connectivity index (χ1v) is 4.74. The number of amides is 1. The smallest absolute Gasteiger partial charge is 0.252 e. The maximum absolute atomic E-state index is 10.9. The van der Waals surface area contributed by atoms with E-state index in [1.54, 1.807) is 25.1 Å². The van der Waals surface area contributed by atoms with Gasteiger partial charge in [0.25, 0.3) is 5.24 Å². The quantitative estimate of drug-likeness (QED) is 0.439. The Morgan fingerprint density at radius 1 is 1.60 bits per heavy atom. The van der Waals surface area contributed by atoms with Crippen molar-refractivity contribution < 1.29 is 14.4 Å². The lowest BCUT2D eigenvalue weighted by Crippen LogP contribution is -2.21. The molecule has 80 valence electrons. The molecule has 0 aliphatic heterocycles. The molecule has 15 heavy (non-hydrogen) atoms. The molecule has 1 amide bonds. The highest BCUT2D eigenvalue weighted by Gasteiger charge is 2.08. The second kappa shape index (κ2) is 5.48. The molecule has 0 aliphatic rings. The van der Waals surface area contributed by atoms with Crippen LogP contribution in [0.4, 0.5) is 5.69 Å². The van der Waals surface area contributed by atoms with Crippen LogP contribution in [0.2, 0.25) is 0 Å². The van der Waals surface area contributed by atoms with Crippen molar-refractivity contribution in [2.75, 3.05) is 11.7 Å². The van der Waals surface area contributed by atoms with E-state index in [2.05, 4.69) is 0 Å². The van der Waals surface area contributed by atoms with Crippen molar-refractivity contribution in [2.45, 2.75) is 6.92 Å². The first-order valence-electron chi connectivity index (χ1n) is 4.36. The van der Waals surface area contributed by atoms with Crippen LogP contribution in [0.3, 0.4) is 0 Å². The van der Waals surface area contributed by atoms with Crippen molar-refractivity contribution in [3.63, 3.8) is 0 Å². The first-order chi connectivity index (χ1) is 7.19. The molecule has 0 heterocycles.